The SMILES string of the molecule is COc1cccc(NC(=O)/C=C/c2cccc(C)c2)c1. The van der Waals surface area contributed by atoms with Crippen molar-refractivity contribution in [2.45, 2.75) is 6.92 Å². The lowest BCUT2D eigenvalue weighted by atomic mass is 10.1. The maximum Gasteiger partial charge on any atom is 0.248 e. The van der Waals surface area contributed by atoms with Gasteiger partial charge in [0.25, 0.3) is 0 Å². The highest BCUT2D eigenvalue weighted by Gasteiger charge is 1.99. The Morgan fingerprint density at radius 3 is 2.70 bits per heavy atom. The fraction of sp³-hybridized carbons (Fsp3) is 0.118. The third-order valence-electron chi connectivity index (χ3n) is 2.81. The minimum absolute atomic E-state index is 0.167. The number of carbonyl (C=O) groups excluding carboxylic acids is 1. The Hall–Kier alpha value is -2.55. The molecular weight excluding hydrogens is 250 g/mol. The molecule has 0 saturated carbocycles. The van der Waals surface area contributed by atoms with E-state index in [0.29, 0.717) is 11.4 Å². The van der Waals surface area contributed by atoms with Gasteiger partial charge in [-0.1, -0.05) is 35.9 Å². The van der Waals surface area contributed by atoms with E-state index in [0.717, 1.165) is 5.56 Å². The fourth-order valence-corrected chi connectivity index (χ4v) is 1.83. The van der Waals surface area contributed by atoms with Gasteiger partial charge < -0.3 is 10.1 Å². The van der Waals surface area contributed by atoms with Crippen LogP contribution in [0.5, 0.6) is 5.75 Å². The Balaban J connectivity index is 2.01. The fourth-order valence-electron chi connectivity index (χ4n) is 1.83. The zero-order valence-corrected chi connectivity index (χ0v) is 11.6. The standard InChI is InChI=1S/C17H17NO2/c1-13-5-3-6-14(11-13)9-10-17(19)18-15-7-4-8-16(12-15)20-2/h3-12H,1-2H3,(H,18,19)/b10-9+. The molecule has 0 heterocycles. The normalized spacial score (nSPS) is 10.5. The van der Waals surface area contributed by atoms with Gasteiger partial charge in [0, 0.05) is 17.8 Å². The van der Waals surface area contributed by atoms with Gasteiger partial charge in [-0.3, -0.25) is 4.79 Å². The Morgan fingerprint density at radius 2 is 1.95 bits per heavy atom. The van der Waals surface area contributed by atoms with Crippen molar-refractivity contribution in [1.29, 1.82) is 0 Å². The Morgan fingerprint density at radius 1 is 1.15 bits per heavy atom. The molecule has 0 aromatic heterocycles. The summed E-state index contributed by atoms with van der Waals surface area (Å²) in [5.41, 5.74) is 2.88. The summed E-state index contributed by atoms with van der Waals surface area (Å²) in [6.07, 6.45) is 3.32. The van der Waals surface area contributed by atoms with Crippen molar-refractivity contribution in [3.63, 3.8) is 0 Å². The number of aryl methyl sites for hydroxylation is 1. The first-order valence-corrected chi connectivity index (χ1v) is 6.37. The molecular formula is C17H17NO2. The highest BCUT2D eigenvalue weighted by atomic mass is 16.5. The second-order valence-electron chi connectivity index (χ2n) is 4.47. The summed E-state index contributed by atoms with van der Waals surface area (Å²) in [5.74, 6) is 0.547. The third kappa shape index (κ3) is 3.99. The zero-order valence-electron chi connectivity index (χ0n) is 11.6. The number of anilines is 1. The third-order valence-corrected chi connectivity index (χ3v) is 2.81. The summed E-state index contributed by atoms with van der Waals surface area (Å²) in [5, 5.41) is 2.80. The molecule has 3 heteroatoms. The first-order valence-electron chi connectivity index (χ1n) is 6.37. The highest BCUT2D eigenvalue weighted by Crippen LogP contribution is 2.16. The predicted octanol–water partition coefficient (Wildman–Crippen LogP) is 3.66. The number of methoxy groups -OCH3 is 1. The summed E-state index contributed by atoms with van der Waals surface area (Å²) in [7, 11) is 1.60. The van der Waals surface area contributed by atoms with E-state index in [2.05, 4.69) is 5.32 Å². The molecule has 0 saturated heterocycles. The summed E-state index contributed by atoms with van der Waals surface area (Å²) in [6, 6.07) is 15.2. The molecule has 2 aromatic carbocycles. The van der Waals surface area contributed by atoms with Crippen LogP contribution in [0.25, 0.3) is 6.08 Å². The highest BCUT2D eigenvalue weighted by molar-refractivity contribution is 6.02. The van der Waals surface area contributed by atoms with Crippen LogP contribution in [-0.4, -0.2) is 13.0 Å². The van der Waals surface area contributed by atoms with E-state index >= 15 is 0 Å². The van der Waals surface area contributed by atoms with Crippen molar-refractivity contribution in [3.05, 3.63) is 65.7 Å². The first-order chi connectivity index (χ1) is 9.67. The van der Waals surface area contributed by atoms with E-state index in [1.807, 2.05) is 49.4 Å². The number of hydrogen-bond acceptors (Lipinski definition) is 2. The van der Waals surface area contributed by atoms with Crippen molar-refractivity contribution < 1.29 is 9.53 Å². The molecule has 0 aliphatic carbocycles. The Bertz CT molecular complexity index is 632. The van der Waals surface area contributed by atoms with Crippen LogP contribution in [0, 0.1) is 6.92 Å². The molecule has 3 nitrogen and oxygen atoms in total. The molecule has 0 spiro atoms. The molecule has 0 atom stereocenters. The predicted molar refractivity (Wildman–Crippen MR) is 81.8 cm³/mol. The van der Waals surface area contributed by atoms with E-state index in [4.69, 9.17) is 4.74 Å². The van der Waals surface area contributed by atoms with Crippen molar-refractivity contribution >= 4 is 17.7 Å². The smallest absolute Gasteiger partial charge is 0.248 e. The lowest BCUT2D eigenvalue weighted by Gasteiger charge is -2.04. The summed E-state index contributed by atoms with van der Waals surface area (Å²) < 4.78 is 5.11. The van der Waals surface area contributed by atoms with Crippen LogP contribution < -0.4 is 10.1 Å². The quantitative estimate of drug-likeness (QED) is 0.859. The van der Waals surface area contributed by atoms with Crippen LogP contribution in [0.15, 0.2) is 54.6 Å². The molecule has 2 rings (SSSR count). The number of ether oxygens (including phenoxy) is 1. The van der Waals surface area contributed by atoms with Crippen molar-refractivity contribution in [1.82, 2.24) is 0 Å². The molecule has 20 heavy (non-hydrogen) atoms. The number of benzene rings is 2. The second-order valence-corrected chi connectivity index (χ2v) is 4.47. The molecule has 0 aliphatic rings. The Kier molecular flexibility index (Phi) is 4.56. The van der Waals surface area contributed by atoms with Crippen molar-refractivity contribution in [2.24, 2.45) is 0 Å². The maximum absolute atomic E-state index is 11.8. The van der Waals surface area contributed by atoms with Gasteiger partial charge >= 0.3 is 0 Å². The van der Waals surface area contributed by atoms with E-state index < -0.39 is 0 Å². The molecule has 0 bridgehead atoms. The van der Waals surface area contributed by atoms with Gasteiger partial charge in [0.1, 0.15) is 5.75 Å². The number of carbonyl (C=O) groups is 1. The average Bonchev–Trinajstić information content (AvgIpc) is 2.45. The second kappa shape index (κ2) is 6.57. The van der Waals surface area contributed by atoms with Gasteiger partial charge in [-0.25, -0.2) is 0 Å². The van der Waals surface area contributed by atoms with Crippen LogP contribution in [0.1, 0.15) is 11.1 Å². The van der Waals surface area contributed by atoms with Crippen LogP contribution in [0.3, 0.4) is 0 Å². The van der Waals surface area contributed by atoms with Gasteiger partial charge in [0.15, 0.2) is 0 Å². The van der Waals surface area contributed by atoms with E-state index in [-0.39, 0.29) is 5.91 Å². The summed E-state index contributed by atoms with van der Waals surface area (Å²) >= 11 is 0. The number of hydrogen-bond donors (Lipinski definition) is 1. The van der Waals surface area contributed by atoms with Crippen LogP contribution in [0.4, 0.5) is 5.69 Å². The maximum atomic E-state index is 11.8. The van der Waals surface area contributed by atoms with Crippen LogP contribution in [-0.2, 0) is 4.79 Å². The van der Waals surface area contributed by atoms with Crippen molar-refractivity contribution in [3.8, 4) is 5.75 Å². The average molecular weight is 267 g/mol. The molecule has 0 aliphatic heterocycles. The van der Waals surface area contributed by atoms with E-state index in [9.17, 15) is 4.79 Å². The summed E-state index contributed by atoms with van der Waals surface area (Å²) in [4.78, 5) is 11.8. The Labute approximate surface area is 118 Å². The molecule has 1 amide bonds. The van der Waals surface area contributed by atoms with Crippen molar-refractivity contribution in [2.75, 3.05) is 12.4 Å². The van der Waals surface area contributed by atoms with Gasteiger partial charge in [0.2, 0.25) is 5.91 Å². The summed E-state index contributed by atoms with van der Waals surface area (Å²) in [6.45, 7) is 2.02. The largest absolute Gasteiger partial charge is 0.497 e. The minimum Gasteiger partial charge on any atom is -0.497 e. The molecule has 102 valence electrons. The molecule has 0 fully saturated rings. The molecule has 0 radical (unpaired) electrons. The first kappa shape index (κ1) is 13.9. The van der Waals surface area contributed by atoms with E-state index in [1.54, 1.807) is 19.3 Å². The molecule has 0 unspecified atom stereocenters. The molecule has 1 N–H and O–H groups in total. The molecule has 2 aromatic rings. The lowest BCUT2D eigenvalue weighted by molar-refractivity contribution is -0.111. The lowest BCUT2D eigenvalue weighted by Crippen LogP contribution is -2.07. The van der Waals surface area contributed by atoms with Crippen LogP contribution >= 0.6 is 0 Å². The monoisotopic (exact) mass is 267 g/mol. The van der Waals surface area contributed by atoms with E-state index in [1.165, 1.54) is 11.6 Å². The number of rotatable bonds is 4. The van der Waals surface area contributed by atoms with Gasteiger partial charge in [-0.15, -0.1) is 0 Å². The number of amides is 1. The minimum atomic E-state index is -0.167. The van der Waals surface area contributed by atoms with Crippen LogP contribution in [0.2, 0.25) is 0 Å². The van der Waals surface area contributed by atoms with Gasteiger partial charge in [-0.2, -0.15) is 0 Å². The van der Waals surface area contributed by atoms with Gasteiger partial charge in [0.05, 0.1) is 7.11 Å². The topological polar surface area (TPSA) is 38.3 Å². The zero-order chi connectivity index (χ0) is 14.4. The van der Waals surface area contributed by atoms with Gasteiger partial charge in [-0.05, 0) is 30.7 Å². The number of nitrogens with one attached hydrogen (secondary N) is 1.